The predicted molar refractivity (Wildman–Crippen MR) is 103 cm³/mol. The number of amides is 1. The molecule has 2 N–H and O–H groups in total. The molecule has 0 aliphatic carbocycles. The van der Waals surface area contributed by atoms with E-state index in [2.05, 4.69) is 5.32 Å². The molecule has 0 saturated heterocycles. The summed E-state index contributed by atoms with van der Waals surface area (Å²) in [4.78, 5) is 26.0. The first-order valence-electron chi connectivity index (χ1n) is 9.05. The molecule has 7 nitrogen and oxygen atoms in total. The highest BCUT2D eigenvalue weighted by atomic mass is 16.5. The molecule has 0 aromatic heterocycles. The molecule has 3 rings (SSSR count). The zero-order valence-corrected chi connectivity index (χ0v) is 16.0. The standard InChI is InChI=1S/C21H24N2O5/c1-27-17-10-15-8-9-23(12-16(15)11-18(17)28-2)13-19(24)22-20(21(25)26)14-6-4-3-5-7-14/h3-7,10-11,20H,8-9,12-13H2,1-2H3,(H,22,24)(H,25,26)/t20-/m1/s1. The summed E-state index contributed by atoms with van der Waals surface area (Å²) in [5, 5.41) is 12.1. The second-order valence-electron chi connectivity index (χ2n) is 6.69. The van der Waals surface area contributed by atoms with E-state index in [1.807, 2.05) is 17.0 Å². The van der Waals surface area contributed by atoms with Crippen molar-refractivity contribution in [2.75, 3.05) is 27.3 Å². The van der Waals surface area contributed by atoms with Crippen molar-refractivity contribution in [1.82, 2.24) is 10.2 Å². The smallest absolute Gasteiger partial charge is 0.330 e. The van der Waals surface area contributed by atoms with Crippen LogP contribution in [0, 0.1) is 0 Å². The molecule has 1 aliphatic rings. The Balaban J connectivity index is 1.66. The summed E-state index contributed by atoms with van der Waals surface area (Å²) in [7, 11) is 3.20. The minimum Gasteiger partial charge on any atom is -0.493 e. The van der Waals surface area contributed by atoms with Gasteiger partial charge in [0.2, 0.25) is 5.91 Å². The molecule has 28 heavy (non-hydrogen) atoms. The van der Waals surface area contributed by atoms with Gasteiger partial charge in [0.05, 0.1) is 20.8 Å². The first-order chi connectivity index (χ1) is 13.5. The maximum Gasteiger partial charge on any atom is 0.330 e. The van der Waals surface area contributed by atoms with Gasteiger partial charge >= 0.3 is 5.97 Å². The lowest BCUT2D eigenvalue weighted by molar-refractivity contribution is -0.142. The molecule has 148 valence electrons. The van der Waals surface area contributed by atoms with Crippen LogP contribution in [-0.4, -0.2) is 49.2 Å². The highest BCUT2D eigenvalue weighted by Gasteiger charge is 2.25. The van der Waals surface area contributed by atoms with Crippen molar-refractivity contribution in [2.45, 2.75) is 19.0 Å². The molecule has 7 heteroatoms. The number of nitrogens with one attached hydrogen (secondary N) is 1. The highest BCUT2D eigenvalue weighted by Crippen LogP contribution is 2.33. The van der Waals surface area contributed by atoms with E-state index >= 15 is 0 Å². The van der Waals surface area contributed by atoms with Crippen molar-refractivity contribution < 1.29 is 24.2 Å². The Kier molecular flexibility index (Phi) is 6.16. The van der Waals surface area contributed by atoms with E-state index in [4.69, 9.17) is 9.47 Å². The fourth-order valence-electron chi connectivity index (χ4n) is 3.42. The molecule has 0 saturated carbocycles. The van der Waals surface area contributed by atoms with Crippen LogP contribution in [0.15, 0.2) is 42.5 Å². The van der Waals surface area contributed by atoms with Gasteiger partial charge in [-0.05, 0) is 35.2 Å². The molecule has 0 unspecified atom stereocenters. The first kappa shape index (κ1) is 19.7. The van der Waals surface area contributed by atoms with Gasteiger partial charge in [0.15, 0.2) is 17.5 Å². The second-order valence-corrected chi connectivity index (χ2v) is 6.69. The third kappa shape index (κ3) is 4.43. The van der Waals surface area contributed by atoms with Crippen LogP contribution in [0.2, 0.25) is 0 Å². The van der Waals surface area contributed by atoms with Gasteiger partial charge in [0.25, 0.3) is 0 Å². The van der Waals surface area contributed by atoms with Crippen molar-refractivity contribution in [3.63, 3.8) is 0 Å². The van der Waals surface area contributed by atoms with E-state index in [1.54, 1.807) is 44.6 Å². The number of carbonyl (C=O) groups excluding carboxylic acids is 1. The number of benzene rings is 2. The van der Waals surface area contributed by atoms with E-state index in [1.165, 1.54) is 5.56 Å². The molecule has 0 radical (unpaired) electrons. The number of aliphatic carboxylic acids is 1. The van der Waals surface area contributed by atoms with Gasteiger partial charge < -0.3 is 19.9 Å². The molecule has 0 bridgehead atoms. The van der Waals surface area contributed by atoms with Gasteiger partial charge in [0.1, 0.15) is 0 Å². The third-order valence-electron chi connectivity index (χ3n) is 4.85. The predicted octanol–water partition coefficient (Wildman–Crippen LogP) is 2.00. The summed E-state index contributed by atoms with van der Waals surface area (Å²) in [5.41, 5.74) is 2.79. The minimum atomic E-state index is -1.08. The highest BCUT2D eigenvalue weighted by molar-refractivity contribution is 5.85. The van der Waals surface area contributed by atoms with Crippen LogP contribution in [-0.2, 0) is 22.6 Å². The van der Waals surface area contributed by atoms with E-state index in [0.717, 1.165) is 12.0 Å². The van der Waals surface area contributed by atoms with Crippen molar-refractivity contribution in [2.24, 2.45) is 0 Å². The summed E-state index contributed by atoms with van der Waals surface area (Å²) in [5.74, 6) is -0.0530. The molecule has 0 spiro atoms. The summed E-state index contributed by atoms with van der Waals surface area (Å²) >= 11 is 0. The molecular formula is C21H24N2O5. The quantitative estimate of drug-likeness (QED) is 0.759. The monoisotopic (exact) mass is 384 g/mol. The lowest BCUT2D eigenvalue weighted by atomic mass is 9.98. The number of rotatable bonds is 7. The van der Waals surface area contributed by atoms with E-state index in [-0.39, 0.29) is 12.5 Å². The SMILES string of the molecule is COc1cc2c(cc1OC)CN(CC(=O)N[C@@H](C(=O)O)c1ccccc1)CC2. The number of hydrogen-bond donors (Lipinski definition) is 2. The van der Waals surface area contributed by atoms with E-state index in [0.29, 0.717) is 30.2 Å². The average molecular weight is 384 g/mol. The molecule has 1 atom stereocenters. The van der Waals surface area contributed by atoms with E-state index in [9.17, 15) is 14.7 Å². The van der Waals surface area contributed by atoms with Crippen LogP contribution >= 0.6 is 0 Å². The minimum absolute atomic E-state index is 0.129. The van der Waals surface area contributed by atoms with Crippen LogP contribution in [0.3, 0.4) is 0 Å². The molecule has 2 aromatic rings. The second kappa shape index (κ2) is 8.75. The number of hydrogen-bond acceptors (Lipinski definition) is 5. The number of nitrogens with zero attached hydrogens (tertiary/aromatic N) is 1. The van der Waals surface area contributed by atoms with Gasteiger partial charge in [-0.15, -0.1) is 0 Å². The number of carboxylic acids is 1. The largest absolute Gasteiger partial charge is 0.493 e. The van der Waals surface area contributed by atoms with Crippen LogP contribution < -0.4 is 14.8 Å². The number of carbonyl (C=O) groups is 2. The zero-order chi connectivity index (χ0) is 20.1. The summed E-state index contributed by atoms with van der Waals surface area (Å²) in [6.07, 6.45) is 0.782. The van der Waals surface area contributed by atoms with Gasteiger partial charge in [-0.3, -0.25) is 9.69 Å². The first-order valence-corrected chi connectivity index (χ1v) is 9.05. The number of methoxy groups -OCH3 is 2. The molecule has 0 fully saturated rings. The Morgan fingerprint density at radius 1 is 1.11 bits per heavy atom. The molecule has 2 aromatic carbocycles. The topological polar surface area (TPSA) is 88.1 Å². The third-order valence-corrected chi connectivity index (χ3v) is 4.85. The number of fused-ring (bicyclic) bond motifs is 1. The van der Waals surface area contributed by atoms with Crippen LogP contribution in [0.1, 0.15) is 22.7 Å². The normalized spacial score (nSPS) is 14.6. The fourth-order valence-corrected chi connectivity index (χ4v) is 3.42. The summed E-state index contributed by atoms with van der Waals surface area (Å²) in [6, 6.07) is 11.5. The Labute approximate surface area is 163 Å². The zero-order valence-electron chi connectivity index (χ0n) is 16.0. The van der Waals surface area contributed by atoms with Crippen LogP contribution in [0.5, 0.6) is 11.5 Å². The molecule has 1 aliphatic heterocycles. The Bertz CT molecular complexity index is 853. The Morgan fingerprint density at radius 2 is 1.75 bits per heavy atom. The van der Waals surface area contributed by atoms with Crippen molar-refractivity contribution >= 4 is 11.9 Å². The lowest BCUT2D eigenvalue weighted by Gasteiger charge is -2.29. The fraction of sp³-hybridized carbons (Fsp3) is 0.333. The summed E-state index contributed by atoms with van der Waals surface area (Å²) < 4.78 is 10.7. The summed E-state index contributed by atoms with van der Waals surface area (Å²) in [6.45, 7) is 1.43. The lowest BCUT2D eigenvalue weighted by Crippen LogP contribution is -2.42. The average Bonchev–Trinajstić information content (AvgIpc) is 2.71. The Hall–Kier alpha value is -3.06. The van der Waals surface area contributed by atoms with Gasteiger partial charge in [0, 0.05) is 13.1 Å². The Morgan fingerprint density at radius 3 is 2.36 bits per heavy atom. The van der Waals surface area contributed by atoms with Crippen molar-refractivity contribution in [1.29, 1.82) is 0 Å². The van der Waals surface area contributed by atoms with Gasteiger partial charge in [-0.25, -0.2) is 4.79 Å². The van der Waals surface area contributed by atoms with Crippen molar-refractivity contribution in [3.05, 3.63) is 59.2 Å². The molecule has 1 amide bonds. The molecular weight excluding hydrogens is 360 g/mol. The van der Waals surface area contributed by atoms with Crippen molar-refractivity contribution in [3.8, 4) is 11.5 Å². The van der Waals surface area contributed by atoms with Gasteiger partial charge in [-0.2, -0.15) is 0 Å². The maximum absolute atomic E-state index is 12.5. The number of carboxylic acid groups (broad SMARTS) is 1. The van der Waals surface area contributed by atoms with Crippen LogP contribution in [0.4, 0.5) is 0 Å². The number of ether oxygens (including phenoxy) is 2. The molecule has 1 heterocycles. The van der Waals surface area contributed by atoms with Crippen LogP contribution in [0.25, 0.3) is 0 Å². The maximum atomic E-state index is 12.5. The van der Waals surface area contributed by atoms with Gasteiger partial charge in [-0.1, -0.05) is 30.3 Å². The van der Waals surface area contributed by atoms with E-state index < -0.39 is 12.0 Å².